The fourth-order valence-corrected chi connectivity index (χ4v) is 3.41. The Morgan fingerprint density at radius 1 is 1.39 bits per heavy atom. The maximum atomic E-state index is 13.4. The number of anilines is 1. The number of halogens is 2. The van der Waals surface area contributed by atoms with Crippen LogP contribution in [0.5, 0.6) is 0 Å². The van der Waals surface area contributed by atoms with Crippen LogP contribution in [0.25, 0.3) is 0 Å². The molecule has 0 aliphatic carbocycles. The van der Waals surface area contributed by atoms with Crippen LogP contribution >= 0.6 is 17.0 Å². The highest BCUT2D eigenvalue weighted by molar-refractivity contribution is 8.93. The number of guanidine groups is 1. The van der Waals surface area contributed by atoms with Crippen LogP contribution in [0.15, 0.2) is 23.2 Å². The van der Waals surface area contributed by atoms with Crippen molar-refractivity contribution in [2.24, 2.45) is 10.9 Å². The Morgan fingerprint density at radius 3 is 2.82 bits per heavy atom. The van der Waals surface area contributed by atoms with Gasteiger partial charge in [-0.25, -0.2) is 4.98 Å². The molecule has 3 rings (SSSR count). The minimum Gasteiger partial charge on any atom is -0.383 e. The summed E-state index contributed by atoms with van der Waals surface area (Å²) in [6.45, 7) is 8.29. The zero-order valence-electron chi connectivity index (χ0n) is 16.6. The van der Waals surface area contributed by atoms with Crippen molar-refractivity contribution in [2.75, 3.05) is 64.6 Å². The van der Waals surface area contributed by atoms with Crippen LogP contribution in [0.1, 0.15) is 13.3 Å². The minimum atomic E-state index is -0.439. The second-order valence-corrected chi connectivity index (χ2v) is 7.19. The molecule has 0 spiro atoms. The molecule has 0 saturated carbocycles. The van der Waals surface area contributed by atoms with Gasteiger partial charge in [0.1, 0.15) is 5.82 Å². The van der Waals surface area contributed by atoms with Gasteiger partial charge in [0.05, 0.1) is 13.2 Å². The topological polar surface area (TPSA) is 62.2 Å². The van der Waals surface area contributed by atoms with E-state index in [1.54, 1.807) is 13.2 Å². The molecular weight excluding hydrogens is 429 g/mol. The third-order valence-electron chi connectivity index (χ3n) is 4.92. The van der Waals surface area contributed by atoms with E-state index in [1.807, 2.05) is 6.07 Å². The molecule has 0 radical (unpaired) electrons. The molecule has 28 heavy (non-hydrogen) atoms. The quantitative estimate of drug-likeness (QED) is 0.398. The van der Waals surface area contributed by atoms with Gasteiger partial charge < -0.3 is 24.6 Å². The van der Waals surface area contributed by atoms with Crippen LogP contribution in [-0.4, -0.2) is 81.5 Å². The summed E-state index contributed by atoms with van der Waals surface area (Å²) < 4.78 is 24.1. The molecule has 0 amide bonds. The van der Waals surface area contributed by atoms with E-state index in [1.165, 1.54) is 6.07 Å². The lowest BCUT2D eigenvalue weighted by Gasteiger charge is -2.38. The lowest BCUT2D eigenvalue weighted by atomic mass is 10.1. The Balaban J connectivity index is 0.00000280. The Hall–Kier alpha value is -1.45. The monoisotopic (exact) mass is 459 g/mol. The van der Waals surface area contributed by atoms with Crippen LogP contribution < -0.4 is 10.2 Å². The fourth-order valence-electron chi connectivity index (χ4n) is 3.41. The zero-order valence-corrected chi connectivity index (χ0v) is 18.4. The molecule has 9 heteroatoms. The molecule has 1 aromatic heterocycles. The number of hydrogen-bond donors (Lipinski definition) is 1. The van der Waals surface area contributed by atoms with Crippen molar-refractivity contribution in [2.45, 2.75) is 19.4 Å². The van der Waals surface area contributed by atoms with E-state index in [0.717, 1.165) is 58.3 Å². The average Bonchev–Trinajstić information content (AvgIpc) is 3.19. The second-order valence-electron chi connectivity index (χ2n) is 7.19. The Bertz CT molecular complexity index is 622. The van der Waals surface area contributed by atoms with Crippen molar-refractivity contribution < 1.29 is 13.9 Å². The van der Waals surface area contributed by atoms with Crippen molar-refractivity contribution in [3.8, 4) is 0 Å². The summed E-state index contributed by atoms with van der Waals surface area (Å²) in [7, 11) is 1.70. The number of rotatable bonds is 6. The maximum absolute atomic E-state index is 13.4. The van der Waals surface area contributed by atoms with Gasteiger partial charge >= 0.3 is 0 Å². The molecule has 2 fully saturated rings. The van der Waals surface area contributed by atoms with E-state index in [9.17, 15) is 4.39 Å². The average molecular weight is 460 g/mol. The van der Waals surface area contributed by atoms with Crippen molar-refractivity contribution in [3.63, 3.8) is 0 Å². The smallest absolute Gasteiger partial charge is 0.214 e. The van der Waals surface area contributed by atoms with Gasteiger partial charge in [-0.2, -0.15) is 4.39 Å². The summed E-state index contributed by atoms with van der Waals surface area (Å²) in [6, 6.07) is 5.11. The lowest BCUT2D eigenvalue weighted by molar-refractivity contribution is 0.177. The van der Waals surface area contributed by atoms with Crippen LogP contribution in [0.3, 0.4) is 0 Å². The first kappa shape index (κ1) is 22.8. The van der Waals surface area contributed by atoms with E-state index >= 15 is 0 Å². The number of piperazine rings is 1. The van der Waals surface area contributed by atoms with Gasteiger partial charge in [0.25, 0.3) is 0 Å². The predicted molar refractivity (Wildman–Crippen MR) is 114 cm³/mol. The normalized spacial score (nSPS) is 21.4. The molecule has 7 nitrogen and oxygen atoms in total. The Morgan fingerprint density at radius 2 is 2.18 bits per heavy atom. The standard InChI is InChI=1S/C19H30FN5O2.BrH/c1-15(13-26-2)22-19(21-12-16-6-11-27-14-16)25-9-7-24(8-10-25)18-5-3-4-17(20)23-18;/h3-5,15-16H,6-14H2,1-2H3,(H,21,22);1H. The first-order chi connectivity index (χ1) is 13.2. The molecule has 3 heterocycles. The largest absolute Gasteiger partial charge is 0.383 e. The fraction of sp³-hybridized carbons (Fsp3) is 0.684. The number of nitrogens with zero attached hydrogens (tertiary/aromatic N) is 4. The number of methoxy groups -OCH3 is 1. The van der Waals surface area contributed by atoms with Crippen LogP contribution in [0.4, 0.5) is 10.2 Å². The summed E-state index contributed by atoms with van der Waals surface area (Å²) >= 11 is 0. The van der Waals surface area contributed by atoms with Crippen LogP contribution in [-0.2, 0) is 9.47 Å². The first-order valence-electron chi connectivity index (χ1n) is 9.66. The zero-order chi connectivity index (χ0) is 19.1. The van der Waals surface area contributed by atoms with E-state index < -0.39 is 5.95 Å². The highest BCUT2D eigenvalue weighted by Gasteiger charge is 2.23. The van der Waals surface area contributed by atoms with Crippen molar-refractivity contribution >= 4 is 28.8 Å². The molecule has 0 aromatic carbocycles. The number of ether oxygens (including phenoxy) is 2. The van der Waals surface area contributed by atoms with Gasteiger partial charge in [0.2, 0.25) is 5.95 Å². The van der Waals surface area contributed by atoms with Gasteiger partial charge in [0, 0.05) is 58.4 Å². The lowest BCUT2D eigenvalue weighted by Crippen LogP contribution is -2.54. The molecule has 158 valence electrons. The third kappa shape index (κ3) is 6.56. The number of hydrogen-bond acceptors (Lipinski definition) is 5. The molecule has 2 unspecified atom stereocenters. The van der Waals surface area contributed by atoms with E-state index in [2.05, 4.69) is 27.0 Å². The van der Waals surface area contributed by atoms with Crippen molar-refractivity contribution in [3.05, 3.63) is 24.1 Å². The van der Waals surface area contributed by atoms with Crippen molar-refractivity contribution in [1.82, 2.24) is 15.2 Å². The summed E-state index contributed by atoms with van der Waals surface area (Å²) in [5, 5.41) is 3.49. The third-order valence-corrected chi connectivity index (χ3v) is 4.92. The molecule has 2 atom stereocenters. The number of pyridine rings is 1. The summed E-state index contributed by atoms with van der Waals surface area (Å²) in [5.41, 5.74) is 0. The van der Waals surface area contributed by atoms with Gasteiger partial charge in [-0.1, -0.05) is 6.07 Å². The molecule has 2 saturated heterocycles. The number of nitrogens with one attached hydrogen (secondary N) is 1. The Labute approximate surface area is 177 Å². The van der Waals surface area contributed by atoms with Crippen LogP contribution in [0.2, 0.25) is 0 Å². The summed E-state index contributed by atoms with van der Waals surface area (Å²) in [6.07, 6.45) is 1.07. The molecule has 1 N–H and O–H groups in total. The molecule has 0 bridgehead atoms. The Kier molecular flexibility index (Phi) is 9.40. The highest BCUT2D eigenvalue weighted by atomic mass is 79.9. The predicted octanol–water partition coefficient (Wildman–Crippen LogP) is 1.94. The molecule has 2 aliphatic heterocycles. The van der Waals surface area contributed by atoms with Gasteiger partial charge in [-0.05, 0) is 25.5 Å². The highest BCUT2D eigenvalue weighted by Crippen LogP contribution is 2.15. The number of aliphatic imine (C=N–C) groups is 1. The first-order valence-corrected chi connectivity index (χ1v) is 9.66. The maximum Gasteiger partial charge on any atom is 0.214 e. The van der Waals surface area contributed by atoms with Gasteiger partial charge in [0.15, 0.2) is 5.96 Å². The molecule has 1 aromatic rings. The summed E-state index contributed by atoms with van der Waals surface area (Å²) in [5.74, 6) is 1.67. The van der Waals surface area contributed by atoms with E-state index in [0.29, 0.717) is 18.3 Å². The van der Waals surface area contributed by atoms with Crippen LogP contribution in [0, 0.1) is 11.9 Å². The minimum absolute atomic E-state index is 0. The number of aromatic nitrogens is 1. The SMILES string of the molecule is Br.COCC(C)NC(=NCC1CCOC1)N1CCN(c2cccc(F)n2)CC1. The van der Waals surface area contributed by atoms with Crippen molar-refractivity contribution in [1.29, 1.82) is 0 Å². The molecule has 2 aliphatic rings. The van der Waals surface area contributed by atoms with Gasteiger partial charge in [-0.3, -0.25) is 4.99 Å². The van der Waals surface area contributed by atoms with E-state index in [-0.39, 0.29) is 23.0 Å². The second kappa shape index (κ2) is 11.5. The van der Waals surface area contributed by atoms with Gasteiger partial charge in [-0.15, -0.1) is 17.0 Å². The summed E-state index contributed by atoms with van der Waals surface area (Å²) in [4.78, 5) is 13.2. The van der Waals surface area contributed by atoms with E-state index in [4.69, 9.17) is 14.5 Å². The molecular formula is C19H31BrFN5O2.